The van der Waals surface area contributed by atoms with Gasteiger partial charge in [0.2, 0.25) is 0 Å². The summed E-state index contributed by atoms with van der Waals surface area (Å²) in [6.45, 7) is 6.22. The van der Waals surface area contributed by atoms with E-state index in [9.17, 15) is 0 Å². The maximum Gasteiger partial charge on any atom is 0.0540 e. The Hall–Kier alpha value is -4.82. The Labute approximate surface area is 230 Å². The Morgan fingerprint density at radius 1 is 0.769 bits per heavy atom. The number of allylic oxidation sites excluding steroid dienone is 8. The predicted octanol–water partition coefficient (Wildman–Crippen LogP) is 10.0. The number of benzene rings is 4. The monoisotopic (exact) mass is 504 g/mol. The molecule has 6 rings (SSSR count). The quantitative estimate of drug-likeness (QED) is 0.218. The number of nitrogens with zero attached hydrogens (tertiary/aromatic N) is 1. The molecule has 0 saturated heterocycles. The molecule has 190 valence electrons. The van der Waals surface area contributed by atoms with E-state index < -0.39 is 0 Å². The van der Waals surface area contributed by atoms with Gasteiger partial charge in [-0.05, 0) is 67.0 Å². The molecule has 2 heteroatoms. The second kappa shape index (κ2) is 10.9. The largest absolute Gasteiger partial charge is 0.356 e. The minimum Gasteiger partial charge on any atom is -0.356 e. The second-order valence-corrected chi connectivity index (χ2v) is 10.0. The van der Waals surface area contributed by atoms with Crippen LogP contribution in [-0.2, 0) is 0 Å². The summed E-state index contributed by atoms with van der Waals surface area (Å²) in [6, 6.07) is 36.3. The third kappa shape index (κ3) is 5.02. The van der Waals surface area contributed by atoms with Crippen LogP contribution in [0.2, 0.25) is 0 Å². The number of anilines is 1. The Morgan fingerprint density at radius 3 is 2.00 bits per heavy atom. The maximum absolute atomic E-state index is 4.01. The normalized spacial score (nSPS) is 15.9. The van der Waals surface area contributed by atoms with Gasteiger partial charge in [0.15, 0.2) is 0 Å². The first-order valence-electron chi connectivity index (χ1n) is 13.5. The summed E-state index contributed by atoms with van der Waals surface area (Å²) in [7, 11) is 0. The van der Waals surface area contributed by atoms with Crippen molar-refractivity contribution in [3.63, 3.8) is 0 Å². The predicted molar refractivity (Wildman–Crippen MR) is 169 cm³/mol. The molecule has 5 aromatic rings. The molecular formula is C37H32N2. The van der Waals surface area contributed by atoms with Gasteiger partial charge in [0.1, 0.15) is 0 Å². The fourth-order valence-electron chi connectivity index (χ4n) is 5.36. The number of hydrogen-bond donors (Lipinski definition) is 1. The van der Waals surface area contributed by atoms with Crippen LogP contribution in [0.4, 0.5) is 5.69 Å². The number of hydrogen-bond acceptors (Lipinski definition) is 1. The molecule has 1 unspecified atom stereocenters. The van der Waals surface area contributed by atoms with Gasteiger partial charge in [-0.2, -0.15) is 0 Å². The molecule has 1 atom stereocenters. The summed E-state index contributed by atoms with van der Waals surface area (Å²) in [5, 5.41) is 6.08. The number of para-hydroxylation sites is 2. The van der Waals surface area contributed by atoms with E-state index in [2.05, 4.69) is 151 Å². The molecule has 0 amide bonds. The molecule has 39 heavy (non-hydrogen) atoms. The summed E-state index contributed by atoms with van der Waals surface area (Å²) in [5.41, 5.74) is 9.51. The van der Waals surface area contributed by atoms with E-state index in [1.54, 1.807) is 0 Å². The van der Waals surface area contributed by atoms with E-state index in [1.807, 2.05) is 12.1 Å². The molecule has 0 fully saturated rings. The van der Waals surface area contributed by atoms with Crippen molar-refractivity contribution in [2.24, 2.45) is 5.92 Å². The van der Waals surface area contributed by atoms with Gasteiger partial charge in [0.25, 0.3) is 0 Å². The first-order valence-corrected chi connectivity index (χ1v) is 13.5. The van der Waals surface area contributed by atoms with Crippen molar-refractivity contribution in [3.8, 4) is 11.1 Å². The van der Waals surface area contributed by atoms with Gasteiger partial charge >= 0.3 is 0 Å². The molecular weight excluding hydrogens is 472 g/mol. The molecule has 0 radical (unpaired) electrons. The molecule has 4 aromatic carbocycles. The van der Waals surface area contributed by atoms with Crippen LogP contribution in [0, 0.1) is 5.92 Å². The zero-order valence-corrected chi connectivity index (χ0v) is 22.2. The van der Waals surface area contributed by atoms with E-state index in [1.165, 1.54) is 44.2 Å². The van der Waals surface area contributed by atoms with Crippen molar-refractivity contribution in [1.82, 2.24) is 4.57 Å². The van der Waals surface area contributed by atoms with Crippen molar-refractivity contribution in [3.05, 3.63) is 157 Å². The second-order valence-electron chi connectivity index (χ2n) is 10.0. The zero-order valence-electron chi connectivity index (χ0n) is 22.2. The fourth-order valence-corrected chi connectivity index (χ4v) is 5.36. The molecule has 1 aliphatic rings. The zero-order chi connectivity index (χ0) is 26.6. The summed E-state index contributed by atoms with van der Waals surface area (Å²) in [6.07, 6.45) is 14.1. The van der Waals surface area contributed by atoms with Crippen LogP contribution in [-0.4, -0.2) is 4.57 Å². The molecule has 1 aromatic heterocycles. The van der Waals surface area contributed by atoms with E-state index >= 15 is 0 Å². The molecule has 0 saturated carbocycles. The summed E-state index contributed by atoms with van der Waals surface area (Å²) in [5.74, 6) is 0.370. The van der Waals surface area contributed by atoms with Gasteiger partial charge in [-0.3, -0.25) is 0 Å². The maximum atomic E-state index is 4.01. The average molecular weight is 505 g/mol. The van der Waals surface area contributed by atoms with Gasteiger partial charge in [0.05, 0.1) is 11.0 Å². The van der Waals surface area contributed by atoms with Crippen LogP contribution < -0.4 is 5.32 Å². The van der Waals surface area contributed by atoms with Crippen molar-refractivity contribution >= 4 is 33.2 Å². The highest BCUT2D eigenvalue weighted by Gasteiger charge is 2.16. The highest BCUT2D eigenvalue weighted by Crippen LogP contribution is 2.34. The first kappa shape index (κ1) is 24.5. The van der Waals surface area contributed by atoms with Crippen LogP contribution in [0.5, 0.6) is 0 Å². The van der Waals surface area contributed by atoms with Gasteiger partial charge < -0.3 is 9.88 Å². The Kier molecular flexibility index (Phi) is 6.84. The van der Waals surface area contributed by atoms with Crippen LogP contribution in [0.1, 0.15) is 13.3 Å². The molecule has 0 aliphatic heterocycles. The average Bonchev–Trinajstić information content (AvgIpc) is 3.34. The van der Waals surface area contributed by atoms with Gasteiger partial charge in [-0.1, -0.05) is 109 Å². The number of nitrogens with one attached hydrogen (secondary N) is 1. The molecule has 2 nitrogen and oxygen atoms in total. The fraction of sp³-hybridized carbons (Fsp3) is 0.0811. The van der Waals surface area contributed by atoms with Gasteiger partial charge in [-0.25, -0.2) is 0 Å². The van der Waals surface area contributed by atoms with Crippen molar-refractivity contribution in [2.75, 3.05) is 5.32 Å². The lowest BCUT2D eigenvalue weighted by Crippen LogP contribution is -2.05. The lowest BCUT2D eigenvalue weighted by Gasteiger charge is -2.19. The summed E-state index contributed by atoms with van der Waals surface area (Å²) < 4.78 is 2.39. The van der Waals surface area contributed by atoms with E-state index in [4.69, 9.17) is 0 Å². The van der Waals surface area contributed by atoms with Gasteiger partial charge in [-0.15, -0.1) is 0 Å². The first-order chi connectivity index (χ1) is 19.2. The highest BCUT2D eigenvalue weighted by atomic mass is 15.0. The van der Waals surface area contributed by atoms with Crippen LogP contribution >= 0.6 is 0 Å². The Bertz CT molecular complexity index is 1710. The SMILES string of the molecule is C=C/C(=C\C=C(/C)C1C=CC(n2c3ccccc3c3ccccc32)=CC1)Nc1ccc(-c2ccccc2)cc1. The molecule has 0 spiro atoms. The Morgan fingerprint density at radius 2 is 1.38 bits per heavy atom. The third-order valence-corrected chi connectivity index (χ3v) is 7.53. The van der Waals surface area contributed by atoms with Crippen molar-refractivity contribution in [1.29, 1.82) is 0 Å². The van der Waals surface area contributed by atoms with Crippen molar-refractivity contribution < 1.29 is 0 Å². The number of rotatable bonds is 7. The summed E-state index contributed by atoms with van der Waals surface area (Å²) in [4.78, 5) is 0. The highest BCUT2D eigenvalue weighted by molar-refractivity contribution is 6.10. The third-order valence-electron chi connectivity index (χ3n) is 7.53. The number of aromatic nitrogens is 1. The minimum absolute atomic E-state index is 0.370. The molecule has 0 bridgehead atoms. The molecule has 1 heterocycles. The standard InChI is InChI=1S/C37H32N2/c1-3-31(38-32-23-18-30(19-24-32)29-11-5-4-6-12-29)22-17-27(2)28-20-25-33(26-21-28)39-36-15-9-7-13-34(36)35-14-8-10-16-37(35)39/h3-20,22-26,28,38H,1,21H2,2H3/b27-17+,31-22+. The topological polar surface area (TPSA) is 17.0 Å². The molecule has 1 N–H and O–H groups in total. The van der Waals surface area contributed by atoms with Crippen LogP contribution in [0.15, 0.2) is 157 Å². The smallest absolute Gasteiger partial charge is 0.0540 e. The number of fused-ring (bicyclic) bond motifs is 3. The Balaban J connectivity index is 1.17. The van der Waals surface area contributed by atoms with Crippen molar-refractivity contribution in [2.45, 2.75) is 13.3 Å². The van der Waals surface area contributed by atoms with E-state index in [0.717, 1.165) is 17.8 Å². The lowest BCUT2D eigenvalue weighted by atomic mass is 9.92. The van der Waals surface area contributed by atoms with Crippen LogP contribution in [0.3, 0.4) is 0 Å². The van der Waals surface area contributed by atoms with E-state index in [0.29, 0.717) is 5.92 Å². The van der Waals surface area contributed by atoms with Gasteiger partial charge in [0, 0.05) is 33.8 Å². The summed E-state index contributed by atoms with van der Waals surface area (Å²) >= 11 is 0. The van der Waals surface area contributed by atoms with E-state index in [-0.39, 0.29) is 0 Å². The molecule has 1 aliphatic carbocycles. The lowest BCUT2D eigenvalue weighted by molar-refractivity contribution is 0.765. The minimum atomic E-state index is 0.370. The van der Waals surface area contributed by atoms with Crippen LogP contribution in [0.25, 0.3) is 38.6 Å².